The maximum Gasteiger partial charge on any atom is 0.267 e. The molecule has 0 aromatic rings. The van der Waals surface area contributed by atoms with Crippen LogP contribution in [0.1, 0.15) is 162 Å². The van der Waals surface area contributed by atoms with Crippen LogP contribution in [0.4, 0.5) is 0 Å². The molecular weight excluding hydrogens is 570 g/mol. The quantitative estimate of drug-likeness (QED) is 0.0399. The van der Waals surface area contributed by atoms with E-state index in [0.717, 1.165) is 57.8 Å². The van der Waals surface area contributed by atoms with Crippen LogP contribution < -0.4 is 5.32 Å². The van der Waals surface area contributed by atoms with Crippen LogP contribution in [0.5, 0.6) is 0 Å². The topological polar surface area (TPSA) is 104 Å². The van der Waals surface area contributed by atoms with Gasteiger partial charge in [-0.05, 0) is 70.6 Å². The first-order chi connectivity index (χ1) is 21.3. The van der Waals surface area contributed by atoms with Gasteiger partial charge in [0.15, 0.2) is 0 Å². The molecule has 0 radical (unpaired) electrons. The summed E-state index contributed by atoms with van der Waals surface area (Å²) in [5.74, 6) is -1.02. The Balaban J connectivity index is 4.09. The number of hydrogen-bond acceptors (Lipinski definition) is 4. The Bertz CT molecular complexity index is 878. The molecule has 0 spiro atoms. The molecule has 0 heterocycles. The van der Waals surface area contributed by atoms with Gasteiger partial charge in [-0.3, -0.25) is 9.35 Å². The van der Waals surface area contributed by atoms with Crippen molar-refractivity contribution in [1.29, 1.82) is 0 Å². The van der Waals surface area contributed by atoms with Crippen molar-refractivity contribution in [2.75, 3.05) is 5.75 Å². The lowest BCUT2D eigenvalue weighted by Gasteiger charge is -2.21. The Morgan fingerprint density at radius 1 is 0.591 bits per heavy atom. The van der Waals surface area contributed by atoms with Crippen molar-refractivity contribution >= 4 is 16.0 Å². The fourth-order valence-electron chi connectivity index (χ4n) is 5.00. The van der Waals surface area contributed by atoms with Gasteiger partial charge in [-0.1, -0.05) is 133 Å². The fraction of sp³-hybridized carbons (Fsp3) is 0.757. The molecule has 1 amide bonds. The first-order valence-electron chi connectivity index (χ1n) is 17.8. The summed E-state index contributed by atoms with van der Waals surface area (Å²) in [5, 5.41) is 13.1. The van der Waals surface area contributed by atoms with Crippen molar-refractivity contribution < 1.29 is 22.9 Å². The van der Waals surface area contributed by atoms with Crippen LogP contribution in [0, 0.1) is 0 Å². The first-order valence-corrected chi connectivity index (χ1v) is 19.4. The van der Waals surface area contributed by atoms with Gasteiger partial charge >= 0.3 is 0 Å². The highest BCUT2D eigenvalue weighted by molar-refractivity contribution is 7.85. The van der Waals surface area contributed by atoms with E-state index in [2.05, 4.69) is 55.6 Å². The zero-order valence-corrected chi connectivity index (χ0v) is 29.1. The lowest BCUT2D eigenvalue weighted by molar-refractivity contribution is -0.122. The van der Waals surface area contributed by atoms with Crippen molar-refractivity contribution in [2.24, 2.45) is 0 Å². The summed E-state index contributed by atoms with van der Waals surface area (Å²) in [6.07, 6.45) is 40.9. The van der Waals surface area contributed by atoms with E-state index in [4.69, 9.17) is 0 Å². The fourth-order valence-corrected chi connectivity index (χ4v) is 5.74. The smallest absolute Gasteiger partial charge is 0.267 e. The molecule has 256 valence electrons. The van der Waals surface area contributed by atoms with E-state index in [0.29, 0.717) is 12.8 Å². The Hall–Kier alpha value is -1.70. The van der Waals surface area contributed by atoms with Crippen molar-refractivity contribution in [3.05, 3.63) is 48.6 Å². The molecule has 0 rings (SSSR count). The minimum atomic E-state index is -4.35. The van der Waals surface area contributed by atoms with Gasteiger partial charge in [-0.25, -0.2) is 0 Å². The number of amides is 1. The molecule has 2 unspecified atom stereocenters. The summed E-state index contributed by atoms with van der Waals surface area (Å²) in [6, 6.07) is -1.08. The Morgan fingerprint density at radius 2 is 0.977 bits per heavy atom. The van der Waals surface area contributed by atoms with Gasteiger partial charge in [0.2, 0.25) is 5.91 Å². The minimum Gasteiger partial charge on any atom is -0.387 e. The van der Waals surface area contributed by atoms with Gasteiger partial charge < -0.3 is 10.4 Å². The van der Waals surface area contributed by atoms with E-state index in [-0.39, 0.29) is 12.3 Å². The van der Waals surface area contributed by atoms with E-state index in [1.165, 1.54) is 76.7 Å². The summed E-state index contributed by atoms with van der Waals surface area (Å²) in [4.78, 5) is 12.4. The number of carbonyl (C=O) groups is 1. The number of allylic oxidation sites excluding steroid dienone is 7. The van der Waals surface area contributed by atoms with Gasteiger partial charge in [-0.15, -0.1) is 0 Å². The molecule has 44 heavy (non-hydrogen) atoms. The summed E-state index contributed by atoms with van der Waals surface area (Å²) in [7, 11) is -4.35. The predicted molar refractivity (Wildman–Crippen MR) is 188 cm³/mol. The predicted octanol–water partition coefficient (Wildman–Crippen LogP) is 9.96. The Kier molecular flexibility index (Phi) is 30.1. The van der Waals surface area contributed by atoms with Crippen LogP contribution in [0.3, 0.4) is 0 Å². The van der Waals surface area contributed by atoms with Crippen molar-refractivity contribution in [1.82, 2.24) is 5.32 Å². The molecule has 2 atom stereocenters. The van der Waals surface area contributed by atoms with Crippen LogP contribution in [-0.2, 0) is 14.9 Å². The van der Waals surface area contributed by atoms with E-state index in [1.54, 1.807) is 6.08 Å². The average molecular weight is 638 g/mol. The SMILES string of the molecule is CCCCC/C=C/CC/C=C/CC/C=C/C(O)C(CS(=O)(=O)O)NC(=O)CCCCCCC/C=C\CCCCCCCCC. The molecule has 0 aliphatic heterocycles. The minimum absolute atomic E-state index is 0.273. The largest absolute Gasteiger partial charge is 0.387 e. The molecule has 0 fully saturated rings. The molecule has 6 nitrogen and oxygen atoms in total. The first kappa shape index (κ1) is 42.3. The molecule has 0 saturated heterocycles. The molecule has 3 N–H and O–H groups in total. The third kappa shape index (κ3) is 31.7. The van der Waals surface area contributed by atoms with E-state index < -0.39 is 28.0 Å². The molecule has 0 aliphatic rings. The van der Waals surface area contributed by atoms with Gasteiger partial charge in [0.05, 0.1) is 17.9 Å². The molecule has 7 heteroatoms. The van der Waals surface area contributed by atoms with Gasteiger partial charge in [0.1, 0.15) is 0 Å². The second-order valence-corrected chi connectivity index (χ2v) is 13.6. The highest BCUT2D eigenvalue weighted by Gasteiger charge is 2.24. The lowest BCUT2D eigenvalue weighted by atomic mass is 10.1. The van der Waals surface area contributed by atoms with Crippen LogP contribution >= 0.6 is 0 Å². The number of rotatable bonds is 31. The Morgan fingerprint density at radius 3 is 1.48 bits per heavy atom. The van der Waals surface area contributed by atoms with E-state index in [1.807, 2.05) is 0 Å². The molecular formula is C37H67NO5S. The zero-order chi connectivity index (χ0) is 32.6. The van der Waals surface area contributed by atoms with Gasteiger partial charge in [0.25, 0.3) is 10.1 Å². The highest BCUT2D eigenvalue weighted by Crippen LogP contribution is 2.11. The summed E-state index contributed by atoms with van der Waals surface area (Å²) >= 11 is 0. The van der Waals surface area contributed by atoms with E-state index >= 15 is 0 Å². The summed E-state index contributed by atoms with van der Waals surface area (Å²) < 4.78 is 32.3. The summed E-state index contributed by atoms with van der Waals surface area (Å²) in [5.41, 5.74) is 0. The van der Waals surface area contributed by atoms with Crippen molar-refractivity contribution in [3.63, 3.8) is 0 Å². The molecule has 0 aromatic carbocycles. The molecule has 0 bridgehead atoms. The molecule has 0 aliphatic carbocycles. The lowest BCUT2D eigenvalue weighted by Crippen LogP contribution is -2.46. The maximum absolute atomic E-state index is 12.4. The number of aliphatic hydroxyl groups excluding tert-OH is 1. The number of hydrogen-bond donors (Lipinski definition) is 3. The molecule has 0 saturated carbocycles. The van der Waals surface area contributed by atoms with Gasteiger partial charge in [-0.2, -0.15) is 8.42 Å². The highest BCUT2D eigenvalue weighted by atomic mass is 32.2. The van der Waals surface area contributed by atoms with Crippen LogP contribution in [0.25, 0.3) is 0 Å². The summed E-state index contributed by atoms with van der Waals surface area (Å²) in [6.45, 7) is 4.46. The van der Waals surface area contributed by atoms with Crippen LogP contribution in [-0.4, -0.2) is 41.9 Å². The maximum atomic E-state index is 12.4. The zero-order valence-electron chi connectivity index (χ0n) is 28.3. The monoisotopic (exact) mass is 637 g/mol. The number of unbranched alkanes of at least 4 members (excludes halogenated alkanes) is 17. The molecule has 0 aromatic heterocycles. The third-order valence-corrected chi connectivity index (χ3v) is 8.49. The average Bonchev–Trinajstić information content (AvgIpc) is 2.98. The normalized spacial score (nSPS) is 14.0. The van der Waals surface area contributed by atoms with Crippen LogP contribution in [0.2, 0.25) is 0 Å². The number of nitrogens with one attached hydrogen (secondary N) is 1. The second kappa shape index (κ2) is 31.3. The van der Waals surface area contributed by atoms with E-state index in [9.17, 15) is 22.9 Å². The number of carbonyl (C=O) groups excluding carboxylic acids is 1. The van der Waals surface area contributed by atoms with Gasteiger partial charge in [0, 0.05) is 6.42 Å². The van der Waals surface area contributed by atoms with Crippen molar-refractivity contribution in [2.45, 2.75) is 174 Å². The second-order valence-electron chi connectivity index (χ2n) is 12.1. The van der Waals surface area contributed by atoms with Crippen molar-refractivity contribution in [3.8, 4) is 0 Å². The standard InChI is InChI=1S/C37H67NO5S/c1-3-5-7-9-11-13-15-17-18-19-21-23-25-27-29-31-33-37(40)38-35(34-44(41,42)43)36(39)32-30-28-26-24-22-20-16-14-12-10-8-6-4-2/h12,14,18-19,22,24,30,32,35-36,39H,3-11,13,15-17,20-21,23,25-29,31,33-34H2,1-2H3,(H,38,40)(H,41,42,43)/b14-12+,19-18-,24-22+,32-30+. The van der Waals surface area contributed by atoms with Crippen LogP contribution in [0.15, 0.2) is 48.6 Å². The number of aliphatic hydroxyl groups is 1. The Labute approximate surface area is 271 Å². The third-order valence-electron chi connectivity index (χ3n) is 7.71.